The summed E-state index contributed by atoms with van der Waals surface area (Å²) in [5.41, 5.74) is 0.750. The third-order valence-corrected chi connectivity index (χ3v) is 6.07. The highest BCUT2D eigenvalue weighted by Crippen LogP contribution is 2.31. The molecule has 1 saturated heterocycles. The van der Waals surface area contributed by atoms with Gasteiger partial charge in [0.1, 0.15) is 0 Å². The van der Waals surface area contributed by atoms with Crippen molar-refractivity contribution in [3.8, 4) is 0 Å². The highest BCUT2D eigenvalue weighted by molar-refractivity contribution is 9.10. The molecule has 2 fully saturated rings. The zero-order chi connectivity index (χ0) is 17.1. The van der Waals surface area contributed by atoms with Crippen LogP contribution < -0.4 is 0 Å². The Morgan fingerprint density at radius 1 is 1.16 bits per heavy atom. The topological polar surface area (TPSA) is 32.8 Å². The number of ether oxygens (including phenoxy) is 1. The lowest BCUT2D eigenvalue weighted by atomic mass is 9.85. The largest absolute Gasteiger partial charge is 0.380 e. The monoisotopic (exact) mass is 474 g/mol. The van der Waals surface area contributed by atoms with Crippen LogP contribution in [0.25, 0.3) is 0 Å². The van der Waals surface area contributed by atoms with Crippen molar-refractivity contribution in [1.82, 2.24) is 9.80 Å². The summed E-state index contributed by atoms with van der Waals surface area (Å²) in [6, 6.07) is 8.18. The van der Waals surface area contributed by atoms with Crippen LogP contribution >= 0.6 is 32.9 Å². The van der Waals surface area contributed by atoms with Crippen LogP contribution in [0, 0.1) is 0 Å². The van der Waals surface area contributed by atoms with Crippen LogP contribution in [-0.4, -0.2) is 61.1 Å². The first-order valence-corrected chi connectivity index (χ1v) is 9.70. The Kier molecular flexibility index (Phi) is 7.92. The molecule has 1 aromatic rings. The molecule has 3 rings (SSSR count). The predicted octanol–water partition coefficient (Wildman–Crippen LogP) is 4.13. The number of benzene rings is 1. The van der Waals surface area contributed by atoms with Gasteiger partial charge in [-0.1, -0.05) is 15.9 Å². The van der Waals surface area contributed by atoms with Gasteiger partial charge in [-0.3, -0.25) is 9.69 Å². The Labute approximate surface area is 169 Å². The lowest BCUT2D eigenvalue weighted by Gasteiger charge is -2.46. The van der Waals surface area contributed by atoms with Crippen LogP contribution in [-0.2, 0) is 4.74 Å². The third kappa shape index (κ3) is 4.65. The number of methoxy groups -OCH3 is 1. The van der Waals surface area contributed by atoms with E-state index in [1.165, 1.54) is 12.8 Å². The van der Waals surface area contributed by atoms with Gasteiger partial charge in [-0.15, -0.1) is 17.0 Å². The van der Waals surface area contributed by atoms with Crippen LogP contribution in [0.3, 0.4) is 0 Å². The molecule has 0 aromatic heterocycles. The van der Waals surface area contributed by atoms with Crippen LogP contribution in [0.15, 0.2) is 28.7 Å². The molecule has 1 aromatic carbocycles. The van der Waals surface area contributed by atoms with E-state index in [9.17, 15) is 4.79 Å². The molecule has 1 saturated carbocycles. The van der Waals surface area contributed by atoms with Gasteiger partial charge >= 0.3 is 0 Å². The van der Waals surface area contributed by atoms with Gasteiger partial charge in [0.15, 0.2) is 0 Å². The lowest BCUT2D eigenvalue weighted by Crippen LogP contribution is -2.59. The minimum atomic E-state index is 0. The summed E-state index contributed by atoms with van der Waals surface area (Å²) in [4.78, 5) is 17.5. The zero-order valence-electron chi connectivity index (χ0n) is 15.0. The summed E-state index contributed by atoms with van der Waals surface area (Å²) in [6.45, 7) is 2.25. The first-order valence-electron chi connectivity index (χ1n) is 8.91. The highest BCUT2D eigenvalue weighted by Gasteiger charge is 2.41. The van der Waals surface area contributed by atoms with E-state index in [0.29, 0.717) is 6.04 Å². The summed E-state index contributed by atoms with van der Waals surface area (Å²) < 4.78 is 6.81. The van der Waals surface area contributed by atoms with Gasteiger partial charge in [0, 0.05) is 30.2 Å². The molecule has 2 aliphatic rings. The number of halogens is 2. The van der Waals surface area contributed by atoms with E-state index in [4.69, 9.17) is 4.74 Å². The molecule has 4 nitrogen and oxygen atoms in total. The van der Waals surface area contributed by atoms with Crippen molar-refractivity contribution in [2.75, 3.05) is 27.2 Å². The standard InChI is InChI=1S/C19H27BrN2O2.BrH/c1-21(19(23)14-8-10-15(20)11-9-14)16-6-5-7-17(24-2)18(16)22-12-3-4-13-22;/h8-11,16-18H,3-7,12-13H2,1-2H3;1H/t16-,17+,18+;/m1./s1. The summed E-state index contributed by atoms with van der Waals surface area (Å²) in [7, 11) is 3.77. The number of likely N-dealkylation sites (N-methyl/N-ethyl adjacent to an activating group) is 1. The van der Waals surface area contributed by atoms with Crippen LogP contribution in [0.5, 0.6) is 0 Å². The van der Waals surface area contributed by atoms with Gasteiger partial charge in [-0.05, 0) is 69.5 Å². The molecule has 6 heteroatoms. The Hall–Kier alpha value is -0.430. The summed E-state index contributed by atoms with van der Waals surface area (Å²) in [6.07, 6.45) is 6.00. The van der Waals surface area contributed by atoms with Gasteiger partial charge in [-0.2, -0.15) is 0 Å². The van der Waals surface area contributed by atoms with Crippen molar-refractivity contribution in [1.29, 1.82) is 0 Å². The Balaban J connectivity index is 0.00000225. The van der Waals surface area contributed by atoms with Crippen LogP contribution in [0.1, 0.15) is 42.5 Å². The molecule has 25 heavy (non-hydrogen) atoms. The maximum atomic E-state index is 13.0. The summed E-state index contributed by atoms with van der Waals surface area (Å²) in [5.74, 6) is 0.105. The molecule has 1 aliphatic heterocycles. The quantitative estimate of drug-likeness (QED) is 0.656. The third-order valence-electron chi connectivity index (χ3n) is 5.54. The van der Waals surface area contributed by atoms with Crippen molar-refractivity contribution >= 4 is 38.8 Å². The molecule has 0 N–H and O–H groups in total. The molecule has 0 radical (unpaired) electrons. The molecule has 0 bridgehead atoms. The van der Waals surface area contributed by atoms with Crippen molar-refractivity contribution in [2.24, 2.45) is 0 Å². The molecular formula is C19H28Br2N2O2. The molecule has 1 heterocycles. The second kappa shape index (κ2) is 9.49. The lowest BCUT2D eigenvalue weighted by molar-refractivity contribution is -0.0388. The summed E-state index contributed by atoms with van der Waals surface area (Å²) in [5, 5.41) is 0. The maximum absolute atomic E-state index is 13.0. The van der Waals surface area contributed by atoms with E-state index in [1.807, 2.05) is 43.3 Å². The first kappa shape index (κ1) is 20.9. The van der Waals surface area contributed by atoms with E-state index >= 15 is 0 Å². The molecule has 140 valence electrons. The molecular weight excluding hydrogens is 448 g/mol. The molecule has 1 aliphatic carbocycles. The Morgan fingerprint density at radius 2 is 1.80 bits per heavy atom. The van der Waals surface area contributed by atoms with E-state index in [0.717, 1.165) is 42.4 Å². The number of amides is 1. The Bertz CT molecular complexity index is 559. The normalized spacial score (nSPS) is 26.9. The number of likely N-dealkylation sites (tertiary alicyclic amines) is 1. The fourth-order valence-corrected chi connectivity index (χ4v) is 4.53. The SMILES string of the molecule is Br.CO[C@H]1CCC[C@@H](N(C)C(=O)c2ccc(Br)cc2)[C@@H]1N1CCCC1. The highest BCUT2D eigenvalue weighted by atomic mass is 79.9. The van der Waals surface area contributed by atoms with Crippen LogP contribution in [0.4, 0.5) is 0 Å². The Morgan fingerprint density at radius 3 is 2.40 bits per heavy atom. The maximum Gasteiger partial charge on any atom is 0.253 e. The van der Waals surface area contributed by atoms with E-state index < -0.39 is 0 Å². The smallest absolute Gasteiger partial charge is 0.253 e. The van der Waals surface area contributed by atoms with Gasteiger partial charge in [0.05, 0.1) is 12.1 Å². The number of hydrogen-bond donors (Lipinski definition) is 0. The fraction of sp³-hybridized carbons (Fsp3) is 0.632. The summed E-state index contributed by atoms with van der Waals surface area (Å²) >= 11 is 3.43. The van der Waals surface area contributed by atoms with E-state index in [2.05, 4.69) is 20.8 Å². The number of nitrogens with zero attached hydrogens (tertiary/aromatic N) is 2. The fourth-order valence-electron chi connectivity index (χ4n) is 4.26. The molecule has 3 atom stereocenters. The second-order valence-corrected chi connectivity index (χ2v) is 7.84. The molecule has 0 spiro atoms. The zero-order valence-corrected chi connectivity index (χ0v) is 18.3. The minimum Gasteiger partial charge on any atom is -0.380 e. The van der Waals surface area contributed by atoms with Gasteiger partial charge in [-0.25, -0.2) is 0 Å². The molecule has 0 unspecified atom stereocenters. The average molecular weight is 476 g/mol. The van der Waals surface area contributed by atoms with Gasteiger partial charge < -0.3 is 9.64 Å². The second-order valence-electron chi connectivity index (χ2n) is 6.93. The van der Waals surface area contributed by atoms with E-state index in [-0.39, 0.29) is 35.0 Å². The molecule has 1 amide bonds. The minimum absolute atomic E-state index is 0. The number of hydrogen-bond acceptors (Lipinski definition) is 3. The van der Waals surface area contributed by atoms with Crippen molar-refractivity contribution in [3.05, 3.63) is 34.3 Å². The predicted molar refractivity (Wildman–Crippen MR) is 110 cm³/mol. The van der Waals surface area contributed by atoms with Crippen molar-refractivity contribution in [3.63, 3.8) is 0 Å². The number of carbonyl (C=O) groups is 1. The number of rotatable bonds is 4. The van der Waals surface area contributed by atoms with Crippen molar-refractivity contribution in [2.45, 2.75) is 50.3 Å². The van der Waals surface area contributed by atoms with Gasteiger partial charge in [0.25, 0.3) is 5.91 Å². The van der Waals surface area contributed by atoms with E-state index in [1.54, 1.807) is 0 Å². The average Bonchev–Trinajstić information content (AvgIpc) is 3.14. The van der Waals surface area contributed by atoms with Crippen molar-refractivity contribution < 1.29 is 9.53 Å². The first-order chi connectivity index (χ1) is 11.6. The van der Waals surface area contributed by atoms with Crippen LogP contribution in [0.2, 0.25) is 0 Å². The number of carbonyl (C=O) groups excluding carboxylic acids is 1. The van der Waals surface area contributed by atoms with Gasteiger partial charge in [0.2, 0.25) is 0 Å².